The second-order valence-corrected chi connectivity index (χ2v) is 5.62. The summed E-state index contributed by atoms with van der Waals surface area (Å²) in [5.74, 6) is -0.304. The number of anilines is 1. The quantitative estimate of drug-likeness (QED) is 0.598. The van der Waals surface area contributed by atoms with Crippen molar-refractivity contribution in [2.24, 2.45) is 0 Å². The lowest BCUT2D eigenvalue weighted by atomic mass is 9.80. The van der Waals surface area contributed by atoms with E-state index >= 15 is 0 Å². The Balaban J connectivity index is 2.33. The lowest BCUT2D eigenvalue weighted by molar-refractivity contribution is -0.121. The minimum atomic E-state index is -1.10. The van der Waals surface area contributed by atoms with E-state index in [1.165, 1.54) is 0 Å². The van der Waals surface area contributed by atoms with Crippen molar-refractivity contribution in [3.8, 4) is 0 Å². The summed E-state index contributed by atoms with van der Waals surface area (Å²) < 4.78 is 0. The van der Waals surface area contributed by atoms with Crippen molar-refractivity contribution in [2.75, 3.05) is 11.9 Å². The van der Waals surface area contributed by atoms with E-state index < -0.39 is 5.54 Å². The first-order chi connectivity index (χ1) is 10.2. The Morgan fingerprint density at radius 3 is 2.52 bits per heavy atom. The minimum Gasteiger partial charge on any atom is -0.323 e. The van der Waals surface area contributed by atoms with Gasteiger partial charge in [0.2, 0.25) is 0 Å². The zero-order chi connectivity index (χ0) is 15.3. The molecule has 4 nitrogen and oxygen atoms in total. The van der Waals surface area contributed by atoms with Gasteiger partial charge in [0.05, 0.1) is 5.69 Å². The van der Waals surface area contributed by atoms with Gasteiger partial charge in [-0.25, -0.2) is 0 Å². The molecular formula is C17H24N2O2. The van der Waals surface area contributed by atoms with E-state index in [0.29, 0.717) is 24.2 Å². The third-order valence-corrected chi connectivity index (χ3v) is 4.06. The van der Waals surface area contributed by atoms with Crippen LogP contribution in [0.4, 0.5) is 5.69 Å². The van der Waals surface area contributed by atoms with E-state index in [0.717, 1.165) is 25.7 Å². The summed E-state index contributed by atoms with van der Waals surface area (Å²) in [6.07, 6.45) is 4.34. The van der Waals surface area contributed by atoms with Crippen LogP contribution in [0.1, 0.15) is 56.3 Å². The Hall–Kier alpha value is -1.68. The summed E-state index contributed by atoms with van der Waals surface area (Å²) in [4.78, 5) is 25.5. The van der Waals surface area contributed by atoms with Crippen LogP contribution in [0.15, 0.2) is 24.3 Å². The number of ketones is 1. The number of fused-ring (bicyclic) bond motifs is 1. The molecule has 1 aliphatic rings. The Bertz CT molecular complexity index is 527. The third kappa shape index (κ3) is 3.00. The molecular weight excluding hydrogens is 264 g/mol. The molecule has 1 unspecified atom stereocenters. The number of Topliss-reactive ketones (excluding diaryl/α,β-unsaturated/α-hetero) is 1. The molecule has 0 bridgehead atoms. The Kier molecular flexibility index (Phi) is 5.12. The molecule has 114 valence electrons. The fourth-order valence-electron chi connectivity index (χ4n) is 2.75. The maximum atomic E-state index is 12.9. The molecule has 4 heteroatoms. The molecule has 21 heavy (non-hydrogen) atoms. The SMILES string of the molecule is CCCCNC1(CCCC)C(=O)Nc2ccccc2C1=O. The van der Waals surface area contributed by atoms with Gasteiger partial charge in [-0.05, 0) is 31.5 Å². The van der Waals surface area contributed by atoms with Crippen molar-refractivity contribution in [2.45, 2.75) is 51.5 Å². The Morgan fingerprint density at radius 1 is 1.10 bits per heavy atom. The van der Waals surface area contributed by atoms with Crippen LogP contribution >= 0.6 is 0 Å². The number of unbranched alkanes of at least 4 members (excludes halogenated alkanes) is 2. The molecule has 2 rings (SSSR count). The van der Waals surface area contributed by atoms with E-state index in [1.54, 1.807) is 12.1 Å². The van der Waals surface area contributed by atoms with Crippen LogP contribution in [0.5, 0.6) is 0 Å². The van der Waals surface area contributed by atoms with Crippen molar-refractivity contribution in [1.29, 1.82) is 0 Å². The molecule has 0 aromatic heterocycles. The average molecular weight is 288 g/mol. The van der Waals surface area contributed by atoms with Crippen molar-refractivity contribution in [1.82, 2.24) is 5.32 Å². The lowest BCUT2D eigenvalue weighted by Crippen LogP contribution is -2.62. The lowest BCUT2D eigenvalue weighted by Gasteiger charge is -2.36. The molecule has 1 atom stereocenters. The average Bonchev–Trinajstić information content (AvgIpc) is 2.50. The number of para-hydroxylation sites is 1. The van der Waals surface area contributed by atoms with Crippen LogP contribution in [0.2, 0.25) is 0 Å². The molecule has 1 amide bonds. The smallest absolute Gasteiger partial charge is 0.252 e. The Labute approximate surface area is 126 Å². The highest BCUT2D eigenvalue weighted by molar-refractivity contribution is 6.27. The van der Waals surface area contributed by atoms with Crippen LogP contribution in [0.3, 0.4) is 0 Å². The second-order valence-electron chi connectivity index (χ2n) is 5.62. The van der Waals surface area contributed by atoms with Crippen LogP contribution in [0, 0.1) is 0 Å². The molecule has 0 saturated carbocycles. The predicted octanol–water partition coefficient (Wildman–Crippen LogP) is 3.14. The Morgan fingerprint density at radius 2 is 1.81 bits per heavy atom. The van der Waals surface area contributed by atoms with Gasteiger partial charge in [-0.15, -0.1) is 0 Å². The summed E-state index contributed by atoms with van der Waals surface area (Å²) in [6, 6.07) is 7.24. The van der Waals surface area contributed by atoms with Gasteiger partial charge in [-0.1, -0.05) is 45.2 Å². The number of carbonyl (C=O) groups excluding carboxylic acids is 2. The van der Waals surface area contributed by atoms with E-state index in [4.69, 9.17) is 0 Å². The molecule has 1 heterocycles. The molecule has 0 radical (unpaired) electrons. The van der Waals surface area contributed by atoms with Crippen LogP contribution < -0.4 is 10.6 Å². The highest BCUT2D eigenvalue weighted by atomic mass is 16.2. The summed E-state index contributed by atoms with van der Waals surface area (Å²) in [5.41, 5.74) is 0.133. The normalized spacial score (nSPS) is 21.0. The number of benzene rings is 1. The van der Waals surface area contributed by atoms with Gasteiger partial charge in [0.1, 0.15) is 0 Å². The number of hydrogen-bond acceptors (Lipinski definition) is 3. The van der Waals surface area contributed by atoms with Crippen LogP contribution in [0.25, 0.3) is 0 Å². The number of carbonyl (C=O) groups is 2. The van der Waals surface area contributed by atoms with E-state index in [9.17, 15) is 9.59 Å². The molecule has 0 spiro atoms. The predicted molar refractivity (Wildman–Crippen MR) is 84.6 cm³/mol. The van der Waals surface area contributed by atoms with Crippen LogP contribution in [-0.4, -0.2) is 23.8 Å². The van der Waals surface area contributed by atoms with Crippen molar-refractivity contribution >= 4 is 17.4 Å². The fourth-order valence-corrected chi connectivity index (χ4v) is 2.75. The minimum absolute atomic E-state index is 0.0913. The molecule has 1 aliphatic heterocycles. The molecule has 1 aromatic rings. The highest BCUT2D eigenvalue weighted by Crippen LogP contribution is 2.31. The molecule has 0 fully saturated rings. The first-order valence-corrected chi connectivity index (χ1v) is 7.86. The number of hydrogen-bond donors (Lipinski definition) is 2. The third-order valence-electron chi connectivity index (χ3n) is 4.06. The maximum absolute atomic E-state index is 12.9. The standard InChI is InChI=1S/C17H24N2O2/c1-3-5-11-17(18-12-6-4-2)15(20)13-9-7-8-10-14(13)19-16(17)21/h7-10,18H,3-6,11-12H2,1-2H3,(H,19,21). The topological polar surface area (TPSA) is 58.2 Å². The van der Waals surface area contributed by atoms with Crippen molar-refractivity contribution < 1.29 is 9.59 Å². The summed E-state index contributed by atoms with van der Waals surface area (Å²) in [7, 11) is 0. The van der Waals surface area contributed by atoms with Gasteiger partial charge >= 0.3 is 0 Å². The fraction of sp³-hybridized carbons (Fsp3) is 0.529. The summed E-state index contributed by atoms with van der Waals surface area (Å²) in [6.45, 7) is 4.85. The number of nitrogens with one attached hydrogen (secondary N) is 2. The molecule has 0 saturated heterocycles. The highest BCUT2D eigenvalue weighted by Gasteiger charge is 2.48. The molecule has 2 N–H and O–H groups in total. The number of amides is 1. The van der Waals surface area contributed by atoms with Gasteiger partial charge in [0, 0.05) is 5.56 Å². The molecule has 1 aromatic carbocycles. The van der Waals surface area contributed by atoms with Crippen LogP contribution in [-0.2, 0) is 4.79 Å². The van der Waals surface area contributed by atoms with Crippen molar-refractivity contribution in [3.05, 3.63) is 29.8 Å². The van der Waals surface area contributed by atoms with E-state index in [2.05, 4.69) is 24.5 Å². The molecule has 0 aliphatic carbocycles. The summed E-state index contributed by atoms with van der Waals surface area (Å²) >= 11 is 0. The van der Waals surface area contributed by atoms with Crippen molar-refractivity contribution in [3.63, 3.8) is 0 Å². The van der Waals surface area contributed by atoms with Gasteiger partial charge in [0.25, 0.3) is 5.91 Å². The first kappa shape index (κ1) is 15.7. The first-order valence-electron chi connectivity index (χ1n) is 7.86. The van der Waals surface area contributed by atoms with E-state index in [-0.39, 0.29) is 11.7 Å². The van der Waals surface area contributed by atoms with Gasteiger partial charge in [-0.2, -0.15) is 0 Å². The summed E-state index contributed by atoms with van der Waals surface area (Å²) in [5, 5.41) is 6.14. The largest absolute Gasteiger partial charge is 0.323 e. The van der Waals surface area contributed by atoms with Gasteiger partial charge < -0.3 is 5.32 Å². The maximum Gasteiger partial charge on any atom is 0.252 e. The van der Waals surface area contributed by atoms with E-state index in [1.807, 2.05) is 12.1 Å². The van der Waals surface area contributed by atoms with Gasteiger partial charge in [0.15, 0.2) is 11.3 Å². The van der Waals surface area contributed by atoms with Gasteiger partial charge in [-0.3, -0.25) is 14.9 Å². The zero-order valence-corrected chi connectivity index (χ0v) is 12.9. The zero-order valence-electron chi connectivity index (χ0n) is 12.9. The monoisotopic (exact) mass is 288 g/mol. The number of rotatable bonds is 7. The second kappa shape index (κ2) is 6.85.